The summed E-state index contributed by atoms with van der Waals surface area (Å²) in [5.41, 5.74) is 0. The number of amides is 1. The van der Waals surface area contributed by atoms with Gasteiger partial charge < -0.3 is 10.0 Å². The van der Waals surface area contributed by atoms with Crippen molar-refractivity contribution < 1.29 is 23.1 Å². The number of carboxylic acids is 1. The number of piperazine rings is 1. The molecule has 2 heterocycles. The third-order valence-corrected chi connectivity index (χ3v) is 6.34. The molecule has 0 aliphatic carbocycles. The Morgan fingerprint density at radius 2 is 1.76 bits per heavy atom. The molecule has 2 aliphatic rings. The molecule has 0 radical (unpaired) electrons. The maximum Gasteiger partial charge on any atom is 0.304 e. The predicted octanol–water partition coefficient (Wildman–Crippen LogP) is -0.427. The van der Waals surface area contributed by atoms with E-state index in [1.165, 1.54) is 0 Å². The number of rotatable bonds is 4. The first-order valence-electron chi connectivity index (χ1n) is 7.34. The van der Waals surface area contributed by atoms with Gasteiger partial charge in [0.2, 0.25) is 5.91 Å². The van der Waals surface area contributed by atoms with Gasteiger partial charge in [0.05, 0.1) is 12.2 Å². The largest absolute Gasteiger partial charge is 0.481 e. The van der Waals surface area contributed by atoms with Gasteiger partial charge in [-0.25, -0.2) is 8.42 Å². The van der Waals surface area contributed by atoms with E-state index < -0.39 is 21.1 Å². The van der Waals surface area contributed by atoms with Crippen LogP contribution in [0.2, 0.25) is 0 Å². The first-order valence-corrected chi connectivity index (χ1v) is 9.06. The van der Waals surface area contributed by atoms with Crippen molar-refractivity contribution in [3.63, 3.8) is 0 Å². The minimum Gasteiger partial charge on any atom is -0.481 e. The molecule has 120 valence electrons. The summed E-state index contributed by atoms with van der Waals surface area (Å²) >= 11 is 0. The summed E-state index contributed by atoms with van der Waals surface area (Å²) in [6.07, 6.45) is 1.95. The van der Waals surface area contributed by atoms with Gasteiger partial charge >= 0.3 is 5.97 Å². The van der Waals surface area contributed by atoms with Crippen LogP contribution in [0.5, 0.6) is 0 Å². The van der Waals surface area contributed by atoms with Gasteiger partial charge in [0.25, 0.3) is 0 Å². The van der Waals surface area contributed by atoms with Gasteiger partial charge in [0, 0.05) is 32.7 Å². The van der Waals surface area contributed by atoms with Crippen LogP contribution in [0.15, 0.2) is 0 Å². The number of aliphatic carboxylic acids is 1. The van der Waals surface area contributed by atoms with Gasteiger partial charge in [-0.1, -0.05) is 6.42 Å². The number of carbonyl (C=O) groups is 2. The lowest BCUT2D eigenvalue weighted by Gasteiger charge is -2.36. The zero-order valence-electron chi connectivity index (χ0n) is 12.0. The number of carbonyl (C=O) groups excluding carboxylic acids is 1. The van der Waals surface area contributed by atoms with Crippen molar-refractivity contribution in [2.24, 2.45) is 0 Å². The molecular weight excluding hydrogens is 296 g/mol. The summed E-state index contributed by atoms with van der Waals surface area (Å²) in [5, 5.41) is 7.79. The van der Waals surface area contributed by atoms with Crippen LogP contribution in [0, 0.1) is 0 Å². The lowest BCUT2D eigenvalue weighted by atomic mass is 10.1. The van der Waals surface area contributed by atoms with Crippen LogP contribution >= 0.6 is 0 Å². The molecule has 2 saturated heterocycles. The number of sulfone groups is 1. The van der Waals surface area contributed by atoms with Crippen molar-refractivity contribution in [1.29, 1.82) is 0 Å². The van der Waals surface area contributed by atoms with E-state index in [1.54, 1.807) is 4.90 Å². The molecule has 2 rings (SSSR count). The molecule has 1 amide bonds. The Kier molecular flexibility index (Phi) is 5.21. The molecule has 21 heavy (non-hydrogen) atoms. The van der Waals surface area contributed by atoms with Gasteiger partial charge in [0.15, 0.2) is 9.84 Å². The zero-order chi connectivity index (χ0) is 15.5. The second-order valence-electron chi connectivity index (χ2n) is 5.66. The fraction of sp³-hybridized carbons (Fsp3) is 0.846. The smallest absolute Gasteiger partial charge is 0.304 e. The van der Waals surface area contributed by atoms with Crippen LogP contribution in [0.4, 0.5) is 0 Å². The lowest BCUT2D eigenvalue weighted by molar-refractivity contribution is -0.138. The highest BCUT2D eigenvalue weighted by Gasteiger charge is 2.38. The van der Waals surface area contributed by atoms with Gasteiger partial charge in [-0.2, -0.15) is 0 Å². The number of hydrogen-bond acceptors (Lipinski definition) is 5. The Hall–Kier alpha value is -1.15. The first kappa shape index (κ1) is 16.2. The monoisotopic (exact) mass is 318 g/mol. The van der Waals surface area contributed by atoms with Crippen molar-refractivity contribution in [3.8, 4) is 0 Å². The molecule has 0 bridgehead atoms. The Labute approximate surface area is 124 Å². The first-order chi connectivity index (χ1) is 9.90. The highest BCUT2D eigenvalue weighted by Crippen LogP contribution is 2.22. The minimum absolute atomic E-state index is 0.0882. The van der Waals surface area contributed by atoms with Crippen molar-refractivity contribution >= 4 is 21.7 Å². The van der Waals surface area contributed by atoms with E-state index in [2.05, 4.69) is 0 Å². The van der Waals surface area contributed by atoms with Gasteiger partial charge in [-0.15, -0.1) is 0 Å². The van der Waals surface area contributed by atoms with Crippen molar-refractivity contribution in [3.05, 3.63) is 0 Å². The van der Waals surface area contributed by atoms with Crippen molar-refractivity contribution in [2.75, 3.05) is 38.5 Å². The highest BCUT2D eigenvalue weighted by molar-refractivity contribution is 7.92. The summed E-state index contributed by atoms with van der Waals surface area (Å²) in [5.74, 6) is -0.989. The van der Waals surface area contributed by atoms with Crippen LogP contribution in [-0.4, -0.2) is 78.9 Å². The summed E-state index contributed by atoms with van der Waals surface area (Å²) in [7, 11) is -3.29. The van der Waals surface area contributed by atoms with Gasteiger partial charge in [-0.3, -0.25) is 14.5 Å². The minimum atomic E-state index is -3.29. The fourth-order valence-corrected chi connectivity index (χ4v) is 4.75. The number of carboxylic acid groups (broad SMARTS) is 1. The SMILES string of the molecule is O=C(O)CCN1CCN(C(=O)C2CCCCS2(=O)=O)CC1. The summed E-state index contributed by atoms with van der Waals surface area (Å²) < 4.78 is 24.0. The molecule has 1 atom stereocenters. The highest BCUT2D eigenvalue weighted by atomic mass is 32.2. The molecular formula is C13H22N2O5S. The van der Waals surface area contributed by atoms with Crippen LogP contribution < -0.4 is 0 Å². The average Bonchev–Trinajstić information content (AvgIpc) is 2.44. The number of nitrogens with zero attached hydrogens (tertiary/aromatic N) is 2. The Bertz CT molecular complexity index is 497. The normalized spacial score (nSPS) is 26.5. The Balaban J connectivity index is 1.87. The fourth-order valence-electron chi connectivity index (χ4n) is 2.88. The molecule has 0 aromatic rings. The van der Waals surface area contributed by atoms with Gasteiger partial charge in [-0.05, 0) is 12.8 Å². The molecule has 0 spiro atoms. The van der Waals surface area contributed by atoms with Gasteiger partial charge in [0.1, 0.15) is 5.25 Å². The zero-order valence-corrected chi connectivity index (χ0v) is 12.8. The summed E-state index contributed by atoms with van der Waals surface area (Å²) in [6, 6.07) is 0. The molecule has 0 saturated carbocycles. The second-order valence-corrected chi connectivity index (χ2v) is 7.97. The van der Waals surface area contributed by atoms with E-state index in [0.29, 0.717) is 45.6 Å². The van der Waals surface area contributed by atoms with Crippen LogP contribution in [-0.2, 0) is 19.4 Å². The summed E-state index contributed by atoms with van der Waals surface area (Å²) in [6.45, 7) is 2.63. The standard InChI is InChI=1S/C13H22N2O5S/c16-12(17)4-5-14-6-8-15(9-7-14)13(18)11-3-1-2-10-21(11,19)20/h11H,1-10H2,(H,16,17). The topological polar surface area (TPSA) is 95.0 Å². The van der Waals surface area contributed by atoms with E-state index >= 15 is 0 Å². The third-order valence-electron chi connectivity index (χ3n) is 4.18. The molecule has 1 unspecified atom stereocenters. The van der Waals surface area contributed by atoms with Crippen LogP contribution in [0.1, 0.15) is 25.7 Å². The van der Waals surface area contributed by atoms with Crippen molar-refractivity contribution in [1.82, 2.24) is 9.80 Å². The molecule has 8 heteroatoms. The van der Waals surface area contributed by atoms with E-state index in [-0.39, 0.29) is 18.1 Å². The van der Waals surface area contributed by atoms with E-state index in [4.69, 9.17) is 5.11 Å². The molecule has 1 N–H and O–H groups in total. The van der Waals surface area contributed by atoms with E-state index in [0.717, 1.165) is 6.42 Å². The maximum atomic E-state index is 12.4. The quantitative estimate of drug-likeness (QED) is 0.756. The maximum absolute atomic E-state index is 12.4. The van der Waals surface area contributed by atoms with Crippen LogP contribution in [0.25, 0.3) is 0 Å². The average molecular weight is 318 g/mol. The summed E-state index contributed by atoms with van der Waals surface area (Å²) in [4.78, 5) is 26.5. The second kappa shape index (κ2) is 6.74. The molecule has 0 aromatic heterocycles. The Morgan fingerprint density at radius 3 is 2.33 bits per heavy atom. The van der Waals surface area contributed by atoms with E-state index in [9.17, 15) is 18.0 Å². The third kappa shape index (κ3) is 4.16. The molecule has 0 aromatic carbocycles. The molecule has 2 aliphatic heterocycles. The predicted molar refractivity (Wildman–Crippen MR) is 76.7 cm³/mol. The molecule has 7 nitrogen and oxygen atoms in total. The lowest BCUT2D eigenvalue weighted by Crippen LogP contribution is -2.53. The Morgan fingerprint density at radius 1 is 1.10 bits per heavy atom. The number of hydrogen-bond donors (Lipinski definition) is 1. The molecule has 2 fully saturated rings. The van der Waals surface area contributed by atoms with E-state index in [1.807, 2.05) is 4.90 Å². The van der Waals surface area contributed by atoms with Crippen LogP contribution in [0.3, 0.4) is 0 Å². The van der Waals surface area contributed by atoms with Crippen molar-refractivity contribution in [2.45, 2.75) is 30.9 Å².